The predicted octanol–water partition coefficient (Wildman–Crippen LogP) is 3.30. The number of carbonyl (C=O) groups excluding carboxylic acids is 1. The first-order valence-corrected chi connectivity index (χ1v) is 8.70. The third-order valence-electron chi connectivity index (χ3n) is 4.18. The largest absolute Gasteiger partial charge is 0.291 e. The van der Waals surface area contributed by atoms with Gasteiger partial charge in [0.05, 0.1) is 23.0 Å². The van der Waals surface area contributed by atoms with E-state index in [0.717, 1.165) is 11.3 Å². The number of nitrogens with zero attached hydrogens (tertiary/aromatic N) is 5. The molecule has 0 fully saturated rings. The maximum atomic E-state index is 12.5. The Bertz CT molecular complexity index is 945. The lowest BCUT2D eigenvalue weighted by Crippen LogP contribution is -2.25. The highest BCUT2D eigenvalue weighted by molar-refractivity contribution is 6.31. The number of nitrogens with one attached hydrogen (secondary N) is 1. The van der Waals surface area contributed by atoms with Crippen molar-refractivity contribution in [3.63, 3.8) is 0 Å². The molecule has 0 spiro atoms. The van der Waals surface area contributed by atoms with Crippen LogP contribution in [0.5, 0.6) is 0 Å². The first-order valence-electron chi connectivity index (χ1n) is 8.32. The Hall–Kier alpha value is -2.67. The van der Waals surface area contributed by atoms with Crippen LogP contribution in [0.15, 0.2) is 30.6 Å². The molecule has 0 saturated heterocycles. The van der Waals surface area contributed by atoms with Crippen molar-refractivity contribution in [1.29, 1.82) is 0 Å². The van der Waals surface area contributed by atoms with Crippen LogP contribution >= 0.6 is 11.6 Å². The SMILES string of the molecule is Cc1cccc(Cn2cnc(NC(=O)C(C)n3nc(C)c(Cl)c3C)n2)c1. The van der Waals surface area contributed by atoms with Crippen LogP contribution in [-0.2, 0) is 11.3 Å². The molecule has 136 valence electrons. The quantitative estimate of drug-likeness (QED) is 0.745. The summed E-state index contributed by atoms with van der Waals surface area (Å²) in [7, 11) is 0. The van der Waals surface area contributed by atoms with Crippen molar-refractivity contribution in [2.45, 2.75) is 40.3 Å². The summed E-state index contributed by atoms with van der Waals surface area (Å²) in [6.07, 6.45) is 1.60. The first-order chi connectivity index (χ1) is 12.3. The highest BCUT2D eigenvalue weighted by Crippen LogP contribution is 2.22. The molecule has 26 heavy (non-hydrogen) atoms. The number of amides is 1. The van der Waals surface area contributed by atoms with Crippen LogP contribution in [0.1, 0.15) is 35.5 Å². The summed E-state index contributed by atoms with van der Waals surface area (Å²) in [4.78, 5) is 16.7. The molecule has 0 saturated carbocycles. The van der Waals surface area contributed by atoms with E-state index in [4.69, 9.17) is 11.6 Å². The van der Waals surface area contributed by atoms with Crippen molar-refractivity contribution in [2.75, 3.05) is 5.32 Å². The standard InChI is InChI=1S/C18H21ClN6O/c1-11-6-5-7-15(8-11)9-24-10-20-18(23-24)21-17(26)14(4)25-13(3)16(19)12(2)22-25/h5-8,10,14H,9H2,1-4H3,(H,21,23,26). The fraction of sp³-hybridized carbons (Fsp3) is 0.333. The summed E-state index contributed by atoms with van der Waals surface area (Å²) in [5.41, 5.74) is 3.76. The van der Waals surface area contributed by atoms with Gasteiger partial charge in [0.15, 0.2) is 0 Å². The molecule has 2 aromatic heterocycles. The third-order valence-corrected chi connectivity index (χ3v) is 4.73. The van der Waals surface area contributed by atoms with Gasteiger partial charge >= 0.3 is 0 Å². The number of aromatic nitrogens is 5. The van der Waals surface area contributed by atoms with Crippen LogP contribution in [0.3, 0.4) is 0 Å². The molecule has 1 unspecified atom stereocenters. The molecule has 1 amide bonds. The molecular formula is C18H21ClN6O. The van der Waals surface area contributed by atoms with Crippen molar-refractivity contribution < 1.29 is 4.79 Å². The number of aryl methyl sites for hydroxylation is 2. The number of anilines is 1. The number of halogens is 1. The maximum absolute atomic E-state index is 12.5. The minimum absolute atomic E-state index is 0.249. The lowest BCUT2D eigenvalue weighted by atomic mass is 10.1. The predicted molar refractivity (Wildman–Crippen MR) is 100 cm³/mol. The maximum Gasteiger partial charge on any atom is 0.251 e. The van der Waals surface area contributed by atoms with Crippen LogP contribution in [0, 0.1) is 20.8 Å². The van der Waals surface area contributed by atoms with Crippen molar-refractivity contribution in [2.24, 2.45) is 0 Å². The van der Waals surface area contributed by atoms with Crippen LogP contribution in [0.25, 0.3) is 0 Å². The number of benzene rings is 1. The molecule has 0 bridgehead atoms. The summed E-state index contributed by atoms with van der Waals surface area (Å²) >= 11 is 6.16. The zero-order valence-corrected chi connectivity index (χ0v) is 15.9. The lowest BCUT2D eigenvalue weighted by molar-refractivity contribution is -0.119. The molecule has 7 nitrogen and oxygen atoms in total. The fourth-order valence-corrected chi connectivity index (χ4v) is 2.90. The molecule has 0 aliphatic carbocycles. The van der Waals surface area contributed by atoms with Gasteiger partial charge in [0.2, 0.25) is 5.95 Å². The first kappa shape index (κ1) is 18.1. The van der Waals surface area contributed by atoms with Gasteiger partial charge < -0.3 is 0 Å². The second kappa shape index (κ2) is 7.29. The number of rotatable bonds is 5. The van der Waals surface area contributed by atoms with Crippen LogP contribution in [0.4, 0.5) is 5.95 Å². The Balaban J connectivity index is 1.68. The van der Waals surface area contributed by atoms with E-state index in [-0.39, 0.29) is 11.9 Å². The zero-order valence-electron chi connectivity index (χ0n) is 15.2. The minimum Gasteiger partial charge on any atom is -0.291 e. The monoisotopic (exact) mass is 372 g/mol. The second-order valence-electron chi connectivity index (χ2n) is 6.35. The Morgan fingerprint density at radius 3 is 2.69 bits per heavy atom. The summed E-state index contributed by atoms with van der Waals surface area (Å²) in [6.45, 7) is 8.04. The van der Waals surface area contributed by atoms with Gasteiger partial charge in [0, 0.05) is 0 Å². The molecule has 3 aromatic rings. The Labute approximate surface area is 157 Å². The fourth-order valence-electron chi connectivity index (χ4n) is 2.77. The van der Waals surface area contributed by atoms with E-state index in [0.29, 0.717) is 17.3 Å². The zero-order chi connectivity index (χ0) is 18.8. The minimum atomic E-state index is -0.523. The van der Waals surface area contributed by atoms with Gasteiger partial charge in [0.1, 0.15) is 12.4 Å². The van der Waals surface area contributed by atoms with E-state index in [2.05, 4.69) is 26.6 Å². The summed E-state index contributed by atoms with van der Waals surface area (Å²) in [5.74, 6) is 0.0164. The van der Waals surface area contributed by atoms with E-state index in [9.17, 15) is 4.79 Å². The molecule has 1 atom stereocenters. The molecular weight excluding hydrogens is 352 g/mol. The molecule has 3 rings (SSSR count). The van der Waals surface area contributed by atoms with Gasteiger partial charge in [0.25, 0.3) is 5.91 Å². The van der Waals surface area contributed by atoms with Crippen molar-refractivity contribution in [3.05, 3.63) is 58.1 Å². The highest BCUT2D eigenvalue weighted by atomic mass is 35.5. The normalized spacial score (nSPS) is 12.2. The number of carbonyl (C=O) groups is 1. The van der Waals surface area contributed by atoms with Gasteiger partial charge in [-0.2, -0.15) is 5.10 Å². The van der Waals surface area contributed by atoms with E-state index in [1.165, 1.54) is 5.56 Å². The third kappa shape index (κ3) is 3.77. The molecule has 0 aliphatic rings. The van der Waals surface area contributed by atoms with Crippen LogP contribution in [-0.4, -0.2) is 30.5 Å². The van der Waals surface area contributed by atoms with Crippen molar-refractivity contribution >= 4 is 23.5 Å². The number of hydrogen-bond donors (Lipinski definition) is 1. The van der Waals surface area contributed by atoms with E-state index < -0.39 is 6.04 Å². The Kier molecular flexibility index (Phi) is 5.08. The average Bonchev–Trinajstić information content (AvgIpc) is 3.13. The smallest absolute Gasteiger partial charge is 0.251 e. The van der Waals surface area contributed by atoms with E-state index >= 15 is 0 Å². The summed E-state index contributed by atoms with van der Waals surface area (Å²) in [5, 5.41) is 11.9. The van der Waals surface area contributed by atoms with Crippen molar-refractivity contribution in [3.8, 4) is 0 Å². The van der Waals surface area contributed by atoms with Crippen molar-refractivity contribution in [1.82, 2.24) is 24.5 Å². The molecule has 1 N–H and O–H groups in total. The molecule has 8 heteroatoms. The van der Waals surface area contributed by atoms with Gasteiger partial charge in [-0.3, -0.25) is 14.8 Å². The van der Waals surface area contributed by atoms with Crippen LogP contribution < -0.4 is 5.32 Å². The van der Waals surface area contributed by atoms with E-state index in [1.54, 1.807) is 22.6 Å². The molecule has 2 heterocycles. The Morgan fingerprint density at radius 2 is 2.04 bits per heavy atom. The Morgan fingerprint density at radius 1 is 1.27 bits per heavy atom. The van der Waals surface area contributed by atoms with Crippen LogP contribution in [0.2, 0.25) is 5.02 Å². The van der Waals surface area contributed by atoms with E-state index in [1.807, 2.05) is 39.0 Å². The van der Waals surface area contributed by atoms with Gasteiger partial charge in [-0.05, 0) is 33.3 Å². The van der Waals surface area contributed by atoms with Gasteiger partial charge in [-0.1, -0.05) is 41.4 Å². The lowest BCUT2D eigenvalue weighted by Gasteiger charge is -2.12. The molecule has 0 radical (unpaired) electrons. The summed E-state index contributed by atoms with van der Waals surface area (Å²) < 4.78 is 3.30. The van der Waals surface area contributed by atoms with Gasteiger partial charge in [-0.15, -0.1) is 5.10 Å². The second-order valence-corrected chi connectivity index (χ2v) is 6.73. The number of hydrogen-bond acceptors (Lipinski definition) is 4. The molecule has 0 aliphatic heterocycles. The summed E-state index contributed by atoms with van der Waals surface area (Å²) in [6, 6.07) is 7.65. The molecule has 1 aromatic carbocycles. The topological polar surface area (TPSA) is 77.6 Å². The average molecular weight is 373 g/mol. The highest BCUT2D eigenvalue weighted by Gasteiger charge is 2.21. The van der Waals surface area contributed by atoms with Gasteiger partial charge in [-0.25, -0.2) is 9.67 Å².